The van der Waals surface area contributed by atoms with Crippen LogP contribution in [0.3, 0.4) is 0 Å². The maximum Gasteiger partial charge on any atom is 0.490 e. The molecule has 0 aliphatic carbocycles. The summed E-state index contributed by atoms with van der Waals surface area (Å²) in [6.45, 7) is 3.81. The second-order valence-corrected chi connectivity index (χ2v) is 14.0. The summed E-state index contributed by atoms with van der Waals surface area (Å²) < 4.78 is 100. The number of carboxylic acids is 3. The van der Waals surface area contributed by atoms with E-state index in [1.807, 2.05) is 24.5 Å². The number of methoxy groups -OCH3 is 1. The Kier molecular flexibility index (Phi) is 22.2. The van der Waals surface area contributed by atoms with Crippen LogP contribution < -0.4 is 10.6 Å². The minimum atomic E-state index is -5.08. The molecule has 2 aromatic carbocycles. The lowest BCUT2D eigenvalue weighted by Gasteiger charge is -2.34. The lowest BCUT2D eigenvalue weighted by molar-refractivity contribution is -0.193. The van der Waals surface area contributed by atoms with E-state index < -0.39 is 48.4 Å². The zero-order valence-electron chi connectivity index (χ0n) is 32.2. The fourth-order valence-electron chi connectivity index (χ4n) is 5.84. The number of thioether (sulfide) groups is 1. The Hall–Kier alpha value is -4.84. The fourth-order valence-corrected chi connectivity index (χ4v) is 6.31. The number of carbonyl (C=O) groups excluding carboxylic acids is 3. The van der Waals surface area contributed by atoms with Crippen LogP contribution >= 0.6 is 11.8 Å². The van der Waals surface area contributed by atoms with E-state index in [-0.39, 0.29) is 30.3 Å². The molecule has 4 rings (SSSR count). The van der Waals surface area contributed by atoms with Crippen molar-refractivity contribution in [2.24, 2.45) is 5.92 Å². The van der Waals surface area contributed by atoms with Gasteiger partial charge >= 0.3 is 42.4 Å². The molecule has 2 aliphatic heterocycles. The first-order valence-corrected chi connectivity index (χ1v) is 19.2. The van der Waals surface area contributed by atoms with E-state index >= 15 is 0 Å². The highest BCUT2D eigenvalue weighted by atomic mass is 32.2. The molecule has 5 N–H and O–H groups in total. The molecule has 0 radical (unpaired) electrons. The summed E-state index contributed by atoms with van der Waals surface area (Å²) >= 11 is 1.63. The quantitative estimate of drug-likeness (QED) is 0.142. The van der Waals surface area contributed by atoms with Crippen LogP contribution in [0, 0.1) is 5.92 Å². The summed E-state index contributed by atoms with van der Waals surface area (Å²) in [6, 6.07) is 13.9. The van der Waals surface area contributed by atoms with Crippen molar-refractivity contribution in [2.75, 3.05) is 51.8 Å². The van der Waals surface area contributed by atoms with Crippen molar-refractivity contribution in [1.29, 1.82) is 0 Å². The van der Waals surface area contributed by atoms with Crippen molar-refractivity contribution < 1.29 is 88.3 Å². The van der Waals surface area contributed by atoms with Gasteiger partial charge in [0.25, 0.3) is 0 Å². The molecule has 0 saturated carbocycles. The molecule has 3 atom stereocenters. The molecule has 1 unspecified atom stereocenters. The SMILES string of the molecule is COC(=O)[C@H](CCSC)NC(=O)CN(Cc1cccc2ccccc12)C[C@@H]1CCCN1C(=O)C1CCCNC1.O=C(O)C(F)(F)F.O=C(O)C(F)(F)F.O=C(O)C(F)(F)F. The van der Waals surface area contributed by atoms with Crippen molar-refractivity contribution in [3.05, 3.63) is 48.0 Å². The average Bonchev–Trinajstić information content (AvgIpc) is 3.63. The van der Waals surface area contributed by atoms with Gasteiger partial charge in [-0.2, -0.15) is 51.3 Å². The molecular formula is C36H45F9N4O10S. The first kappa shape index (κ1) is 53.2. The third-order valence-corrected chi connectivity index (χ3v) is 9.22. The van der Waals surface area contributed by atoms with Crippen LogP contribution in [0.4, 0.5) is 39.5 Å². The van der Waals surface area contributed by atoms with Crippen LogP contribution in [0.5, 0.6) is 0 Å². The van der Waals surface area contributed by atoms with E-state index in [1.54, 1.807) is 11.8 Å². The number of esters is 1. The molecule has 0 bridgehead atoms. The minimum Gasteiger partial charge on any atom is -0.475 e. The Balaban J connectivity index is 0.000000702. The number of alkyl halides is 9. The highest BCUT2D eigenvalue weighted by Crippen LogP contribution is 2.26. The number of likely N-dealkylation sites (tertiary alicyclic amines) is 1. The number of amides is 2. The third kappa shape index (κ3) is 19.5. The summed E-state index contributed by atoms with van der Waals surface area (Å²) in [5, 5.41) is 30.0. The maximum absolute atomic E-state index is 13.4. The van der Waals surface area contributed by atoms with Gasteiger partial charge in [-0.05, 0) is 67.0 Å². The molecule has 2 amide bonds. The number of carbonyl (C=O) groups is 6. The Labute approximate surface area is 341 Å². The highest BCUT2D eigenvalue weighted by molar-refractivity contribution is 7.98. The largest absolute Gasteiger partial charge is 0.490 e. The van der Waals surface area contributed by atoms with Crippen LogP contribution in [-0.2, 0) is 40.0 Å². The number of nitrogens with zero attached hydrogens (tertiary/aromatic N) is 2. The number of hydrogen-bond acceptors (Lipinski definition) is 10. The van der Waals surface area contributed by atoms with Crippen LogP contribution in [0.2, 0.25) is 0 Å². The molecule has 14 nitrogen and oxygen atoms in total. The predicted molar refractivity (Wildman–Crippen MR) is 198 cm³/mol. The predicted octanol–water partition coefficient (Wildman–Crippen LogP) is 4.94. The highest BCUT2D eigenvalue weighted by Gasteiger charge is 2.40. The topological polar surface area (TPSA) is 203 Å². The van der Waals surface area contributed by atoms with Gasteiger partial charge < -0.3 is 35.6 Å². The Bertz CT molecular complexity index is 1660. The zero-order chi connectivity index (χ0) is 45.8. The summed E-state index contributed by atoms with van der Waals surface area (Å²) in [7, 11) is 1.35. The number of hydrogen-bond donors (Lipinski definition) is 5. The first-order valence-electron chi connectivity index (χ1n) is 17.8. The van der Waals surface area contributed by atoms with Gasteiger partial charge in [0, 0.05) is 32.2 Å². The van der Waals surface area contributed by atoms with Crippen molar-refractivity contribution in [2.45, 2.75) is 69.3 Å². The average molecular weight is 897 g/mol. The Morgan fingerprint density at radius 3 is 1.92 bits per heavy atom. The van der Waals surface area contributed by atoms with Crippen molar-refractivity contribution in [3.63, 3.8) is 0 Å². The van der Waals surface area contributed by atoms with Crippen molar-refractivity contribution in [3.8, 4) is 0 Å². The monoisotopic (exact) mass is 896 g/mol. The van der Waals surface area contributed by atoms with Gasteiger partial charge in [0.15, 0.2) is 0 Å². The lowest BCUT2D eigenvalue weighted by Crippen LogP contribution is -2.50. The second-order valence-electron chi connectivity index (χ2n) is 13.0. The van der Waals surface area contributed by atoms with E-state index in [0.717, 1.165) is 67.4 Å². The molecule has 2 aromatic rings. The molecular weight excluding hydrogens is 851 g/mol. The Morgan fingerprint density at radius 1 is 0.867 bits per heavy atom. The number of benzene rings is 2. The summed E-state index contributed by atoms with van der Waals surface area (Å²) in [5.41, 5.74) is 1.14. The summed E-state index contributed by atoms with van der Waals surface area (Å²) in [4.78, 5) is 69.9. The van der Waals surface area contributed by atoms with E-state index in [2.05, 4.69) is 44.7 Å². The van der Waals surface area contributed by atoms with Gasteiger partial charge in [-0.3, -0.25) is 14.5 Å². The summed E-state index contributed by atoms with van der Waals surface area (Å²) in [5.74, 6) is -7.89. The molecule has 2 heterocycles. The molecule has 24 heteroatoms. The normalized spacial score (nSPS) is 17.1. The summed E-state index contributed by atoms with van der Waals surface area (Å²) in [6.07, 6.45) is -8.90. The molecule has 2 saturated heterocycles. The third-order valence-electron chi connectivity index (χ3n) is 8.58. The standard InChI is InChI=1S/C30H42N4O4S.3C2HF3O2/c1-38-30(37)27(14-17-39-2)32-28(35)21-33(19-24-10-5-9-22-8-3-4-13-26(22)24)20-25-12-7-16-34(25)29(36)23-11-6-15-31-18-23;3*3-2(4,5)1(6)7/h3-5,8-10,13,23,25,27,31H,6-7,11-12,14-21H2,1-2H3,(H,32,35);3*(H,6,7)/t23?,25-,27-;;;/m0.../s1. The number of aliphatic carboxylic acids is 3. The second kappa shape index (κ2) is 25.1. The molecule has 2 aliphatic rings. The molecule has 0 spiro atoms. The minimum absolute atomic E-state index is 0.0337. The van der Waals surface area contributed by atoms with Crippen LogP contribution in [0.1, 0.15) is 37.7 Å². The first-order chi connectivity index (χ1) is 27.8. The number of piperidine rings is 1. The molecule has 2 fully saturated rings. The number of rotatable bonds is 12. The number of halogens is 9. The Morgan fingerprint density at radius 2 is 1.42 bits per heavy atom. The smallest absolute Gasteiger partial charge is 0.475 e. The molecule has 338 valence electrons. The number of ether oxygens (including phenoxy) is 1. The van der Waals surface area contributed by atoms with E-state index in [4.69, 9.17) is 34.4 Å². The van der Waals surface area contributed by atoms with Crippen LogP contribution in [0.15, 0.2) is 42.5 Å². The van der Waals surface area contributed by atoms with Gasteiger partial charge in [0.2, 0.25) is 11.8 Å². The molecule has 0 aromatic heterocycles. The van der Waals surface area contributed by atoms with E-state index in [9.17, 15) is 53.9 Å². The van der Waals surface area contributed by atoms with Gasteiger partial charge in [0.05, 0.1) is 19.6 Å². The van der Waals surface area contributed by atoms with E-state index in [0.29, 0.717) is 19.5 Å². The number of carboxylic acid groups (broad SMARTS) is 3. The van der Waals surface area contributed by atoms with Crippen LogP contribution in [0.25, 0.3) is 10.8 Å². The van der Waals surface area contributed by atoms with Crippen molar-refractivity contribution in [1.82, 2.24) is 20.4 Å². The zero-order valence-corrected chi connectivity index (χ0v) is 33.0. The van der Waals surface area contributed by atoms with Gasteiger partial charge in [-0.1, -0.05) is 42.5 Å². The number of fused-ring (bicyclic) bond motifs is 1. The van der Waals surface area contributed by atoms with Gasteiger partial charge in [-0.15, -0.1) is 0 Å². The fraction of sp³-hybridized carbons (Fsp3) is 0.556. The van der Waals surface area contributed by atoms with Gasteiger partial charge in [-0.25, -0.2) is 19.2 Å². The van der Waals surface area contributed by atoms with Crippen molar-refractivity contribution >= 4 is 58.2 Å². The maximum atomic E-state index is 13.4. The molecule has 60 heavy (non-hydrogen) atoms. The van der Waals surface area contributed by atoms with Gasteiger partial charge in [0.1, 0.15) is 6.04 Å². The van der Waals surface area contributed by atoms with E-state index in [1.165, 1.54) is 7.11 Å². The lowest BCUT2D eigenvalue weighted by atomic mass is 9.97. The number of nitrogens with one attached hydrogen (secondary N) is 2. The van der Waals surface area contributed by atoms with Crippen LogP contribution in [-0.4, -0.2) is 143 Å².